The van der Waals surface area contributed by atoms with E-state index < -0.39 is 0 Å². The zero-order valence-corrected chi connectivity index (χ0v) is 18.5. The normalized spacial score (nSPS) is 11.3. The second-order valence-corrected chi connectivity index (χ2v) is 6.38. The lowest BCUT2D eigenvalue weighted by molar-refractivity contribution is 0.781. The summed E-state index contributed by atoms with van der Waals surface area (Å²) in [7, 11) is 1.79. The number of para-hydroxylation sites is 1. The largest absolute Gasteiger partial charge is 0.361 e. The summed E-state index contributed by atoms with van der Waals surface area (Å²) < 4.78 is 0. The van der Waals surface area contributed by atoms with Crippen molar-refractivity contribution in [3.05, 3.63) is 65.1 Å². The number of H-pyrrole nitrogens is 1. The molecule has 144 valence electrons. The molecule has 6 heteroatoms. The molecule has 3 N–H and O–H groups in total. The van der Waals surface area contributed by atoms with Crippen LogP contribution in [0.3, 0.4) is 0 Å². The lowest BCUT2D eigenvalue weighted by Gasteiger charge is -2.12. The number of aryl methyl sites for hydroxylation is 2. The Bertz CT molecular complexity index is 900. The molecule has 0 radical (unpaired) electrons. The Morgan fingerprint density at radius 3 is 2.74 bits per heavy atom. The highest BCUT2D eigenvalue weighted by Gasteiger charge is 2.07. The van der Waals surface area contributed by atoms with Gasteiger partial charge in [0, 0.05) is 36.9 Å². The van der Waals surface area contributed by atoms with Crippen molar-refractivity contribution in [1.29, 1.82) is 0 Å². The van der Waals surface area contributed by atoms with Gasteiger partial charge in [0.05, 0.1) is 12.2 Å². The van der Waals surface area contributed by atoms with Gasteiger partial charge in [0.1, 0.15) is 0 Å². The number of benzene rings is 1. The number of nitrogens with zero attached hydrogens (tertiary/aromatic N) is 2. The number of hydrogen-bond acceptors (Lipinski definition) is 2. The van der Waals surface area contributed by atoms with E-state index in [1.54, 1.807) is 7.05 Å². The van der Waals surface area contributed by atoms with Gasteiger partial charge in [-0.25, -0.2) is 0 Å². The number of aromatic amines is 1. The van der Waals surface area contributed by atoms with E-state index in [9.17, 15) is 0 Å². The molecule has 3 rings (SSSR count). The van der Waals surface area contributed by atoms with Crippen molar-refractivity contribution in [1.82, 2.24) is 20.6 Å². The number of pyridine rings is 1. The van der Waals surface area contributed by atoms with Crippen LogP contribution in [-0.2, 0) is 19.4 Å². The van der Waals surface area contributed by atoms with Crippen LogP contribution in [0, 0.1) is 6.92 Å². The fourth-order valence-corrected chi connectivity index (χ4v) is 3.18. The molecule has 0 bridgehead atoms. The van der Waals surface area contributed by atoms with Crippen LogP contribution in [0.25, 0.3) is 10.9 Å². The Hall–Kier alpha value is -2.09. The van der Waals surface area contributed by atoms with Crippen molar-refractivity contribution < 1.29 is 0 Å². The minimum Gasteiger partial charge on any atom is -0.361 e. The van der Waals surface area contributed by atoms with Crippen molar-refractivity contribution in [3.63, 3.8) is 0 Å². The monoisotopic (exact) mass is 477 g/mol. The summed E-state index contributed by atoms with van der Waals surface area (Å²) in [6.07, 6.45) is 5.93. The van der Waals surface area contributed by atoms with Gasteiger partial charge < -0.3 is 15.6 Å². The highest BCUT2D eigenvalue weighted by molar-refractivity contribution is 14.0. The number of aromatic nitrogens is 2. The Morgan fingerprint density at radius 1 is 1.15 bits per heavy atom. The van der Waals surface area contributed by atoms with Crippen LogP contribution in [0.2, 0.25) is 0 Å². The van der Waals surface area contributed by atoms with Crippen LogP contribution in [0.4, 0.5) is 0 Å². The molecule has 0 aliphatic carbocycles. The van der Waals surface area contributed by atoms with E-state index in [0.717, 1.165) is 31.0 Å². The van der Waals surface area contributed by atoms with E-state index in [2.05, 4.69) is 69.9 Å². The summed E-state index contributed by atoms with van der Waals surface area (Å²) in [6, 6.07) is 10.5. The summed E-state index contributed by atoms with van der Waals surface area (Å²) in [4.78, 5) is 12.1. The Labute approximate surface area is 178 Å². The van der Waals surface area contributed by atoms with Gasteiger partial charge in [-0.1, -0.05) is 31.2 Å². The van der Waals surface area contributed by atoms with E-state index >= 15 is 0 Å². The topological polar surface area (TPSA) is 65.1 Å². The van der Waals surface area contributed by atoms with Gasteiger partial charge in [-0.05, 0) is 42.5 Å². The van der Waals surface area contributed by atoms with Gasteiger partial charge in [0.2, 0.25) is 0 Å². The number of fused-ring (bicyclic) bond motifs is 1. The summed E-state index contributed by atoms with van der Waals surface area (Å²) in [6.45, 7) is 5.75. The van der Waals surface area contributed by atoms with Gasteiger partial charge in [-0.2, -0.15) is 0 Å². The molecule has 0 spiro atoms. The second-order valence-electron chi connectivity index (χ2n) is 6.38. The van der Waals surface area contributed by atoms with Crippen LogP contribution in [0.15, 0.2) is 47.7 Å². The van der Waals surface area contributed by atoms with E-state index in [-0.39, 0.29) is 24.0 Å². The van der Waals surface area contributed by atoms with Gasteiger partial charge >= 0.3 is 0 Å². The average molecular weight is 477 g/mol. The SMILES string of the molecule is CCc1cccc2c(CCNC(=NC)NCc3ncccc3C)c[nH]c12.I. The van der Waals surface area contributed by atoms with Crippen LogP contribution in [0.5, 0.6) is 0 Å². The van der Waals surface area contributed by atoms with Crippen LogP contribution >= 0.6 is 24.0 Å². The third kappa shape index (κ3) is 5.22. The Kier molecular flexibility index (Phi) is 8.09. The molecule has 0 aliphatic heterocycles. The second kappa shape index (κ2) is 10.3. The predicted octanol–water partition coefficient (Wildman–Crippen LogP) is 3.96. The maximum Gasteiger partial charge on any atom is 0.191 e. The van der Waals surface area contributed by atoms with Gasteiger partial charge in [0.15, 0.2) is 5.96 Å². The first-order valence-corrected chi connectivity index (χ1v) is 9.15. The third-order valence-electron chi connectivity index (χ3n) is 4.72. The number of halogens is 1. The molecule has 2 heterocycles. The molecular formula is C21H28IN5. The lowest BCUT2D eigenvalue weighted by atomic mass is 10.1. The molecule has 0 amide bonds. The lowest BCUT2D eigenvalue weighted by Crippen LogP contribution is -2.38. The minimum absolute atomic E-state index is 0. The quantitative estimate of drug-likeness (QED) is 0.286. The number of hydrogen-bond donors (Lipinski definition) is 3. The minimum atomic E-state index is 0. The molecule has 2 aromatic heterocycles. The number of rotatable bonds is 6. The third-order valence-corrected chi connectivity index (χ3v) is 4.72. The maximum atomic E-state index is 4.41. The highest BCUT2D eigenvalue weighted by Crippen LogP contribution is 2.22. The maximum absolute atomic E-state index is 4.41. The first kappa shape index (κ1) is 21.2. The molecule has 3 aromatic rings. The van der Waals surface area contributed by atoms with E-state index in [1.807, 2.05) is 12.3 Å². The zero-order valence-electron chi connectivity index (χ0n) is 16.2. The fourth-order valence-electron chi connectivity index (χ4n) is 3.18. The molecule has 0 atom stereocenters. The van der Waals surface area contributed by atoms with E-state index in [4.69, 9.17) is 0 Å². The van der Waals surface area contributed by atoms with Crippen LogP contribution in [0.1, 0.15) is 29.3 Å². The average Bonchev–Trinajstić information content (AvgIpc) is 3.09. The Balaban J connectivity index is 0.00000261. The first-order chi connectivity index (χ1) is 12.7. The zero-order chi connectivity index (χ0) is 18.4. The number of nitrogens with one attached hydrogen (secondary N) is 3. The summed E-state index contributed by atoms with van der Waals surface area (Å²) >= 11 is 0. The predicted molar refractivity (Wildman–Crippen MR) is 124 cm³/mol. The molecular weight excluding hydrogens is 449 g/mol. The fraction of sp³-hybridized carbons (Fsp3) is 0.333. The van der Waals surface area contributed by atoms with Crippen LogP contribution in [-0.4, -0.2) is 29.5 Å². The summed E-state index contributed by atoms with van der Waals surface area (Å²) in [5.41, 5.74) is 6.18. The molecule has 27 heavy (non-hydrogen) atoms. The van der Waals surface area contributed by atoms with Crippen molar-refractivity contribution >= 4 is 40.8 Å². The molecule has 0 saturated carbocycles. The molecule has 0 aliphatic rings. The van der Waals surface area contributed by atoms with Crippen molar-refractivity contribution in [2.45, 2.75) is 33.2 Å². The summed E-state index contributed by atoms with van der Waals surface area (Å²) in [5, 5.41) is 8.04. The standard InChI is InChI=1S/C21H27N5.HI/c1-4-16-8-5-9-18-17(13-25-20(16)18)10-12-24-21(22-3)26-14-19-15(2)7-6-11-23-19;/h5-9,11,13,25H,4,10,12,14H2,1-3H3,(H2,22,24,26);1H. The van der Waals surface area contributed by atoms with E-state index in [1.165, 1.54) is 27.6 Å². The smallest absolute Gasteiger partial charge is 0.191 e. The van der Waals surface area contributed by atoms with Gasteiger partial charge in [-0.3, -0.25) is 9.98 Å². The van der Waals surface area contributed by atoms with Crippen LogP contribution < -0.4 is 10.6 Å². The number of aliphatic imine (C=N–C) groups is 1. The van der Waals surface area contributed by atoms with E-state index in [0.29, 0.717) is 6.54 Å². The molecule has 5 nitrogen and oxygen atoms in total. The van der Waals surface area contributed by atoms with Crippen molar-refractivity contribution in [2.24, 2.45) is 4.99 Å². The highest BCUT2D eigenvalue weighted by atomic mass is 127. The Morgan fingerprint density at radius 2 is 2.00 bits per heavy atom. The number of guanidine groups is 1. The molecule has 0 unspecified atom stereocenters. The van der Waals surface area contributed by atoms with Crippen molar-refractivity contribution in [3.8, 4) is 0 Å². The van der Waals surface area contributed by atoms with Gasteiger partial charge in [-0.15, -0.1) is 24.0 Å². The molecule has 0 fully saturated rings. The molecule has 1 aromatic carbocycles. The summed E-state index contributed by atoms with van der Waals surface area (Å²) in [5.74, 6) is 0.796. The first-order valence-electron chi connectivity index (χ1n) is 9.15. The molecule has 0 saturated heterocycles. The van der Waals surface area contributed by atoms with Gasteiger partial charge in [0.25, 0.3) is 0 Å². The van der Waals surface area contributed by atoms with Crippen molar-refractivity contribution in [2.75, 3.05) is 13.6 Å².